The molecule has 2 aromatic rings. The molecule has 1 aliphatic rings. The van der Waals surface area contributed by atoms with Crippen LogP contribution in [-0.4, -0.2) is 45.0 Å². The number of carbonyl (C=O) groups excluding carboxylic acids is 1. The first-order valence-corrected chi connectivity index (χ1v) is 8.40. The van der Waals surface area contributed by atoms with E-state index in [4.69, 9.17) is 0 Å². The molecule has 8 heteroatoms. The summed E-state index contributed by atoms with van der Waals surface area (Å²) in [4.78, 5) is 30.7. The number of anilines is 1. The van der Waals surface area contributed by atoms with Crippen LogP contribution in [0.5, 0.6) is 0 Å². The van der Waals surface area contributed by atoms with E-state index in [1.165, 1.54) is 21.9 Å². The molecule has 0 aliphatic carbocycles. The second-order valence-corrected chi connectivity index (χ2v) is 6.26. The lowest BCUT2D eigenvalue weighted by atomic mass is 10.3. The number of likely N-dealkylation sites (tertiary alicyclic amines) is 1. The van der Waals surface area contributed by atoms with Gasteiger partial charge in [0.2, 0.25) is 16.0 Å². The molecule has 0 saturated carbocycles. The number of rotatable bonds is 5. The van der Waals surface area contributed by atoms with Gasteiger partial charge in [-0.1, -0.05) is 18.3 Å². The molecular formula is C14H19N5O2S. The normalized spacial score (nSPS) is 14.7. The molecule has 0 unspecified atom stereocenters. The van der Waals surface area contributed by atoms with Crippen LogP contribution >= 0.6 is 11.3 Å². The monoisotopic (exact) mass is 321 g/mol. The van der Waals surface area contributed by atoms with Crippen molar-refractivity contribution in [1.82, 2.24) is 19.5 Å². The number of hydrogen-bond acceptors (Lipinski definition) is 6. The van der Waals surface area contributed by atoms with Crippen LogP contribution in [0.25, 0.3) is 4.96 Å². The predicted molar refractivity (Wildman–Crippen MR) is 85.4 cm³/mol. The highest BCUT2D eigenvalue weighted by Gasteiger charge is 2.17. The van der Waals surface area contributed by atoms with Gasteiger partial charge in [-0.15, -0.1) is 5.10 Å². The third-order valence-corrected chi connectivity index (χ3v) is 4.60. The number of fused-ring (bicyclic) bond motifs is 1. The minimum Gasteiger partial charge on any atom is -0.360 e. The van der Waals surface area contributed by atoms with Gasteiger partial charge in [-0.2, -0.15) is 4.52 Å². The van der Waals surface area contributed by atoms with Crippen molar-refractivity contribution in [3.8, 4) is 0 Å². The van der Waals surface area contributed by atoms with E-state index in [0.717, 1.165) is 38.0 Å². The molecule has 1 amide bonds. The summed E-state index contributed by atoms with van der Waals surface area (Å²) in [5, 5.41) is 7.94. The Morgan fingerprint density at radius 1 is 1.41 bits per heavy atom. The third kappa shape index (κ3) is 3.11. The Kier molecular flexibility index (Phi) is 4.37. The van der Waals surface area contributed by atoms with Crippen molar-refractivity contribution in [2.75, 3.05) is 25.0 Å². The minimum absolute atomic E-state index is 0.167. The fourth-order valence-corrected chi connectivity index (χ4v) is 3.36. The molecular weight excluding hydrogens is 302 g/mol. The summed E-state index contributed by atoms with van der Waals surface area (Å²) in [6, 6.07) is 1.51. The van der Waals surface area contributed by atoms with Gasteiger partial charge in [0.25, 0.3) is 5.56 Å². The van der Waals surface area contributed by atoms with E-state index in [1.807, 2.05) is 11.8 Å². The maximum atomic E-state index is 11.9. The molecule has 3 rings (SSSR count). The number of aryl methyl sites for hydroxylation is 1. The Bertz CT molecular complexity index is 732. The summed E-state index contributed by atoms with van der Waals surface area (Å²) in [5.41, 5.74) is 0.601. The first kappa shape index (κ1) is 15.0. The average Bonchev–Trinajstić information content (AvgIpc) is 3.16. The van der Waals surface area contributed by atoms with Crippen molar-refractivity contribution >= 4 is 27.3 Å². The molecule has 2 aromatic heterocycles. The fourth-order valence-electron chi connectivity index (χ4n) is 2.51. The summed E-state index contributed by atoms with van der Waals surface area (Å²) in [6.07, 6.45) is 3.37. The molecule has 7 nitrogen and oxygen atoms in total. The molecule has 0 atom stereocenters. The largest absolute Gasteiger partial charge is 0.360 e. The molecule has 1 fully saturated rings. The molecule has 3 heterocycles. The third-order valence-electron chi connectivity index (χ3n) is 3.73. The Labute approximate surface area is 132 Å². The summed E-state index contributed by atoms with van der Waals surface area (Å²) in [7, 11) is 0. The maximum absolute atomic E-state index is 11.9. The molecule has 0 aromatic carbocycles. The summed E-state index contributed by atoms with van der Waals surface area (Å²) >= 11 is 1.33. The van der Waals surface area contributed by atoms with Gasteiger partial charge in [0.05, 0.1) is 0 Å². The number of aromatic nitrogens is 3. The van der Waals surface area contributed by atoms with Crippen LogP contribution in [0.1, 0.15) is 31.9 Å². The van der Waals surface area contributed by atoms with Crippen molar-refractivity contribution < 1.29 is 4.79 Å². The Morgan fingerprint density at radius 2 is 2.18 bits per heavy atom. The lowest BCUT2D eigenvalue weighted by Gasteiger charge is -2.14. The van der Waals surface area contributed by atoms with Gasteiger partial charge in [-0.3, -0.25) is 9.59 Å². The number of carbonyl (C=O) groups is 1. The van der Waals surface area contributed by atoms with Crippen LogP contribution in [0.15, 0.2) is 10.9 Å². The SMILES string of the molecule is CCc1cc(=O)n2nc(NCCC(=O)N3CCCC3)sc2n1. The van der Waals surface area contributed by atoms with Crippen LogP contribution in [-0.2, 0) is 11.2 Å². The standard InChI is InChI=1S/C14H19N5O2S/c1-2-10-9-12(21)19-14(16-10)22-13(17-19)15-6-5-11(20)18-7-3-4-8-18/h9H,2-8H2,1H3,(H,15,17). The number of hydrogen-bond donors (Lipinski definition) is 1. The van der Waals surface area contributed by atoms with Crippen LogP contribution in [0.3, 0.4) is 0 Å². The van der Waals surface area contributed by atoms with Gasteiger partial charge in [-0.25, -0.2) is 4.98 Å². The zero-order chi connectivity index (χ0) is 15.5. The van der Waals surface area contributed by atoms with Gasteiger partial charge < -0.3 is 10.2 Å². The molecule has 1 saturated heterocycles. The smallest absolute Gasteiger partial charge is 0.275 e. The van der Waals surface area contributed by atoms with E-state index in [9.17, 15) is 9.59 Å². The summed E-state index contributed by atoms with van der Waals surface area (Å²) in [6.45, 7) is 4.23. The van der Waals surface area contributed by atoms with Gasteiger partial charge in [0.15, 0.2) is 0 Å². The van der Waals surface area contributed by atoms with Crippen molar-refractivity contribution in [2.24, 2.45) is 0 Å². The average molecular weight is 321 g/mol. The zero-order valence-corrected chi connectivity index (χ0v) is 13.4. The topological polar surface area (TPSA) is 79.6 Å². The van der Waals surface area contributed by atoms with E-state index >= 15 is 0 Å². The van der Waals surface area contributed by atoms with Crippen molar-refractivity contribution in [3.05, 3.63) is 22.1 Å². The lowest BCUT2D eigenvalue weighted by Crippen LogP contribution is -2.29. The first-order chi connectivity index (χ1) is 10.7. The molecule has 118 valence electrons. The molecule has 0 radical (unpaired) electrons. The van der Waals surface area contributed by atoms with Crippen LogP contribution in [0.2, 0.25) is 0 Å². The fraction of sp³-hybridized carbons (Fsp3) is 0.571. The quantitative estimate of drug-likeness (QED) is 0.893. The summed E-state index contributed by atoms with van der Waals surface area (Å²) in [5.74, 6) is 0.176. The van der Waals surface area contributed by atoms with E-state index in [1.54, 1.807) is 0 Å². The van der Waals surface area contributed by atoms with Crippen molar-refractivity contribution in [3.63, 3.8) is 0 Å². The number of amides is 1. The Hall–Kier alpha value is -1.96. The zero-order valence-electron chi connectivity index (χ0n) is 12.5. The maximum Gasteiger partial charge on any atom is 0.275 e. The Morgan fingerprint density at radius 3 is 2.91 bits per heavy atom. The molecule has 1 N–H and O–H groups in total. The van der Waals surface area contributed by atoms with Crippen LogP contribution in [0.4, 0.5) is 5.13 Å². The van der Waals surface area contributed by atoms with Crippen LogP contribution in [0, 0.1) is 0 Å². The van der Waals surface area contributed by atoms with Crippen molar-refractivity contribution in [2.45, 2.75) is 32.6 Å². The highest BCUT2D eigenvalue weighted by atomic mass is 32.1. The van der Waals surface area contributed by atoms with Gasteiger partial charge in [-0.05, 0) is 19.3 Å². The highest BCUT2D eigenvalue weighted by Crippen LogP contribution is 2.17. The minimum atomic E-state index is -0.167. The summed E-state index contributed by atoms with van der Waals surface area (Å²) < 4.78 is 1.30. The molecule has 0 spiro atoms. The molecule has 22 heavy (non-hydrogen) atoms. The van der Waals surface area contributed by atoms with E-state index in [0.29, 0.717) is 23.1 Å². The first-order valence-electron chi connectivity index (χ1n) is 7.59. The van der Waals surface area contributed by atoms with E-state index in [2.05, 4.69) is 15.4 Å². The van der Waals surface area contributed by atoms with Crippen molar-refractivity contribution in [1.29, 1.82) is 0 Å². The van der Waals surface area contributed by atoms with Gasteiger partial charge >= 0.3 is 0 Å². The number of nitrogens with one attached hydrogen (secondary N) is 1. The lowest BCUT2D eigenvalue weighted by molar-refractivity contribution is -0.129. The molecule has 1 aliphatic heterocycles. The van der Waals surface area contributed by atoms with Gasteiger partial charge in [0, 0.05) is 37.8 Å². The molecule has 0 bridgehead atoms. The van der Waals surface area contributed by atoms with E-state index < -0.39 is 0 Å². The second-order valence-electron chi connectivity index (χ2n) is 5.31. The predicted octanol–water partition coefficient (Wildman–Crippen LogP) is 1.14. The highest BCUT2D eigenvalue weighted by molar-refractivity contribution is 7.20. The van der Waals surface area contributed by atoms with E-state index in [-0.39, 0.29) is 11.5 Å². The second kappa shape index (κ2) is 6.43. The van der Waals surface area contributed by atoms with Gasteiger partial charge in [0.1, 0.15) is 0 Å². The Balaban J connectivity index is 1.63. The number of nitrogens with zero attached hydrogens (tertiary/aromatic N) is 4. The van der Waals surface area contributed by atoms with Crippen LogP contribution < -0.4 is 10.9 Å².